The van der Waals surface area contributed by atoms with Gasteiger partial charge in [-0.15, -0.1) is 0 Å². The zero-order valence-electron chi connectivity index (χ0n) is 10.8. The van der Waals surface area contributed by atoms with Crippen LogP contribution in [0.4, 0.5) is 5.69 Å². The first-order valence-corrected chi connectivity index (χ1v) is 5.82. The van der Waals surface area contributed by atoms with Crippen LogP contribution in [0, 0.1) is 10.1 Å². The lowest BCUT2D eigenvalue weighted by atomic mass is 10.1. The van der Waals surface area contributed by atoms with Gasteiger partial charge < -0.3 is 10.5 Å². The van der Waals surface area contributed by atoms with Crippen molar-refractivity contribution in [2.24, 2.45) is 5.73 Å². The summed E-state index contributed by atoms with van der Waals surface area (Å²) in [6, 6.07) is 6.46. The van der Waals surface area contributed by atoms with Gasteiger partial charge in [-0.1, -0.05) is 6.07 Å². The molecule has 0 aliphatic carbocycles. The highest BCUT2D eigenvalue weighted by Gasteiger charge is 2.17. The Morgan fingerprint density at radius 2 is 2.16 bits per heavy atom. The molecule has 0 spiro atoms. The van der Waals surface area contributed by atoms with Gasteiger partial charge >= 0.3 is 0 Å². The minimum atomic E-state index is -0.476. The Balaban J connectivity index is 2.46. The molecule has 0 bridgehead atoms. The molecule has 0 radical (unpaired) electrons. The normalized spacial score (nSPS) is 11.5. The molecule has 0 saturated carbocycles. The van der Waals surface area contributed by atoms with Crippen LogP contribution in [0.25, 0.3) is 10.9 Å². The molecular weight excluding hydrogens is 246 g/mol. The fourth-order valence-corrected chi connectivity index (χ4v) is 1.67. The topological polar surface area (TPSA) is 91.3 Å². The number of pyridine rings is 1. The number of non-ortho nitro benzene ring substituents is 1. The van der Waals surface area contributed by atoms with Crippen molar-refractivity contribution in [3.63, 3.8) is 0 Å². The third-order valence-corrected chi connectivity index (χ3v) is 2.51. The molecule has 2 N–H and O–H groups in total. The van der Waals surface area contributed by atoms with Gasteiger partial charge in [-0.25, -0.2) is 4.98 Å². The quantitative estimate of drug-likeness (QED) is 0.673. The van der Waals surface area contributed by atoms with Gasteiger partial charge in [0.1, 0.15) is 12.4 Å². The number of para-hydroxylation sites is 1. The van der Waals surface area contributed by atoms with Gasteiger partial charge in [0.15, 0.2) is 5.52 Å². The number of benzene rings is 1. The van der Waals surface area contributed by atoms with Crippen LogP contribution in [-0.2, 0) is 0 Å². The molecule has 1 heterocycles. The molecule has 100 valence electrons. The van der Waals surface area contributed by atoms with Gasteiger partial charge in [-0.05, 0) is 26.0 Å². The average Bonchev–Trinajstić information content (AvgIpc) is 2.34. The second-order valence-electron chi connectivity index (χ2n) is 5.02. The Bertz CT molecular complexity index is 620. The highest BCUT2D eigenvalue weighted by molar-refractivity contribution is 5.91. The van der Waals surface area contributed by atoms with Crippen LogP contribution >= 0.6 is 0 Å². The monoisotopic (exact) mass is 261 g/mol. The molecule has 0 aliphatic heterocycles. The van der Waals surface area contributed by atoms with Gasteiger partial charge in [0.05, 0.1) is 4.92 Å². The molecule has 2 aromatic rings. The fourth-order valence-electron chi connectivity index (χ4n) is 1.67. The Kier molecular flexibility index (Phi) is 3.35. The van der Waals surface area contributed by atoms with Crippen LogP contribution in [0.2, 0.25) is 0 Å². The van der Waals surface area contributed by atoms with Crippen LogP contribution in [0.1, 0.15) is 13.8 Å². The van der Waals surface area contributed by atoms with Crippen LogP contribution in [-0.4, -0.2) is 22.1 Å². The summed E-state index contributed by atoms with van der Waals surface area (Å²) in [6.07, 6.45) is 1.49. The van der Waals surface area contributed by atoms with E-state index in [1.54, 1.807) is 18.2 Å². The summed E-state index contributed by atoms with van der Waals surface area (Å²) in [5.41, 5.74) is 5.67. The summed E-state index contributed by atoms with van der Waals surface area (Å²) >= 11 is 0. The Hall–Kier alpha value is -2.21. The predicted octanol–water partition coefficient (Wildman–Crippen LogP) is 2.26. The van der Waals surface area contributed by atoms with Crippen LogP contribution < -0.4 is 10.5 Å². The number of hydrogen-bond donors (Lipinski definition) is 1. The predicted molar refractivity (Wildman–Crippen MR) is 72.2 cm³/mol. The van der Waals surface area contributed by atoms with E-state index in [0.29, 0.717) is 23.3 Å². The SMILES string of the molecule is CC(C)(N)COc1ccnc2c([N+](=O)[O-])cccc12. The summed E-state index contributed by atoms with van der Waals surface area (Å²) in [7, 11) is 0. The molecule has 0 unspecified atom stereocenters. The smallest absolute Gasteiger partial charge is 0.295 e. The van der Waals surface area contributed by atoms with E-state index in [9.17, 15) is 10.1 Å². The van der Waals surface area contributed by atoms with Crippen molar-refractivity contribution in [1.82, 2.24) is 4.98 Å². The van der Waals surface area contributed by atoms with E-state index >= 15 is 0 Å². The van der Waals surface area contributed by atoms with Crippen molar-refractivity contribution < 1.29 is 9.66 Å². The molecule has 0 amide bonds. The maximum atomic E-state index is 10.9. The first kappa shape index (κ1) is 13.2. The molecule has 0 fully saturated rings. The number of ether oxygens (including phenoxy) is 1. The Morgan fingerprint density at radius 1 is 1.42 bits per heavy atom. The van der Waals surface area contributed by atoms with Gasteiger partial charge in [0.2, 0.25) is 0 Å². The number of nitrogens with zero attached hydrogens (tertiary/aromatic N) is 2. The van der Waals surface area contributed by atoms with E-state index in [1.807, 2.05) is 13.8 Å². The number of nitro groups is 1. The number of fused-ring (bicyclic) bond motifs is 1. The molecule has 6 nitrogen and oxygen atoms in total. The minimum absolute atomic E-state index is 0.0324. The molecule has 1 aromatic carbocycles. The first-order chi connectivity index (χ1) is 8.88. The van der Waals surface area contributed by atoms with Crippen molar-refractivity contribution >= 4 is 16.6 Å². The van der Waals surface area contributed by atoms with E-state index in [0.717, 1.165) is 0 Å². The molecule has 6 heteroatoms. The maximum Gasteiger partial charge on any atom is 0.295 e. The number of aromatic nitrogens is 1. The average molecular weight is 261 g/mol. The van der Waals surface area contributed by atoms with E-state index in [4.69, 9.17) is 10.5 Å². The molecule has 0 aliphatic rings. The van der Waals surface area contributed by atoms with Crippen molar-refractivity contribution in [3.8, 4) is 5.75 Å². The summed E-state index contributed by atoms with van der Waals surface area (Å²) in [6.45, 7) is 4.01. The fraction of sp³-hybridized carbons (Fsp3) is 0.308. The summed E-state index contributed by atoms with van der Waals surface area (Å²) in [5, 5.41) is 11.6. The highest BCUT2D eigenvalue weighted by Crippen LogP contribution is 2.30. The lowest BCUT2D eigenvalue weighted by molar-refractivity contribution is -0.383. The van der Waals surface area contributed by atoms with Gasteiger partial charge in [-0.3, -0.25) is 10.1 Å². The molecule has 2 rings (SSSR count). The number of hydrogen-bond acceptors (Lipinski definition) is 5. The lowest BCUT2D eigenvalue weighted by Gasteiger charge is -2.19. The second kappa shape index (κ2) is 4.81. The van der Waals surface area contributed by atoms with Gasteiger partial charge in [0, 0.05) is 23.2 Å². The number of nitro benzene ring substituents is 1. The van der Waals surface area contributed by atoms with E-state index < -0.39 is 10.5 Å². The zero-order chi connectivity index (χ0) is 14.0. The third-order valence-electron chi connectivity index (χ3n) is 2.51. The van der Waals surface area contributed by atoms with Crippen molar-refractivity contribution in [2.75, 3.05) is 6.61 Å². The van der Waals surface area contributed by atoms with Crippen molar-refractivity contribution in [2.45, 2.75) is 19.4 Å². The van der Waals surface area contributed by atoms with E-state index in [1.165, 1.54) is 12.3 Å². The lowest BCUT2D eigenvalue weighted by Crippen LogP contribution is -2.38. The van der Waals surface area contributed by atoms with E-state index in [-0.39, 0.29) is 5.69 Å². The summed E-state index contributed by atoms with van der Waals surface area (Å²) in [5.74, 6) is 0.548. The van der Waals surface area contributed by atoms with Gasteiger partial charge in [0.25, 0.3) is 5.69 Å². The number of nitrogens with two attached hydrogens (primary N) is 1. The Labute approximate surface area is 110 Å². The van der Waals surface area contributed by atoms with Crippen LogP contribution in [0.15, 0.2) is 30.5 Å². The second-order valence-corrected chi connectivity index (χ2v) is 5.02. The maximum absolute atomic E-state index is 10.9. The molecular formula is C13H15N3O3. The summed E-state index contributed by atoms with van der Waals surface area (Å²) < 4.78 is 5.63. The van der Waals surface area contributed by atoms with E-state index in [2.05, 4.69) is 4.98 Å². The molecule has 19 heavy (non-hydrogen) atoms. The Morgan fingerprint density at radius 3 is 2.79 bits per heavy atom. The number of rotatable bonds is 4. The standard InChI is InChI=1S/C13H15N3O3/c1-13(2,14)8-19-11-6-7-15-12-9(11)4-3-5-10(12)16(17)18/h3-7H,8,14H2,1-2H3. The molecule has 0 atom stereocenters. The van der Waals surface area contributed by atoms with Crippen molar-refractivity contribution in [3.05, 3.63) is 40.6 Å². The molecule has 0 saturated heterocycles. The minimum Gasteiger partial charge on any atom is -0.491 e. The zero-order valence-corrected chi connectivity index (χ0v) is 10.8. The summed E-state index contributed by atoms with van der Waals surface area (Å²) in [4.78, 5) is 14.6. The van der Waals surface area contributed by atoms with Crippen molar-refractivity contribution in [1.29, 1.82) is 0 Å². The first-order valence-electron chi connectivity index (χ1n) is 5.82. The molecule has 1 aromatic heterocycles. The third kappa shape index (κ3) is 2.97. The van der Waals surface area contributed by atoms with Crippen LogP contribution in [0.5, 0.6) is 5.75 Å². The van der Waals surface area contributed by atoms with Gasteiger partial charge in [-0.2, -0.15) is 0 Å². The highest BCUT2D eigenvalue weighted by atomic mass is 16.6. The van der Waals surface area contributed by atoms with Crippen LogP contribution in [0.3, 0.4) is 0 Å². The largest absolute Gasteiger partial charge is 0.491 e.